The molecule has 4 rings (SSSR count). The molecule has 0 saturated heterocycles. The number of carbonyl (C=O) groups excluding carboxylic acids is 2. The Morgan fingerprint density at radius 2 is 2.30 bits per heavy atom. The molecule has 6 nitrogen and oxygen atoms in total. The quantitative estimate of drug-likeness (QED) is 0.760. The number of fused-ring (bicyclic) bond motifs is 3. The maximum atomic E-state index is 12.4. The summed E-state index contributed by atoms with van der Waals surface area (Å²) in [6.07, 6.45) is 1.65. The van der Waals surface area contributed by atoms with Gasteiger partial charge in [-0.05, 0) is 25.1 Å². The number of rotatable bonds is 2. The fraction of sp³-hybridized carbons (Fsp3) is 0.188. The largest absolute Gasteiger partial charge is 0.349 e. The Hall–Kier alpha value is -2.67. The lowest BCUT2D eigenvalue weighted by Gasteiger charge is -2.24. The maximum absolute atomic E-state index is 12.4. The molecule has 2 N–H and O–H groups in total. The maximum Gasteiger partial charge on any atom is 0.268 e. The third-order valence-corrected chi connectivity index (χ3v) is 4.68. The number of carbonyl (C=O) groups is 2. The third kappa shape index (κ3) is 2.29. The summed E-state index contributed by atoms with van der Waals surface area (Å²) in [5, 5.41) is 8.98. The predicted octanol–water partition coefficient (Wildman–Crippen LogP) is 2.65. The summed E-state index contributed by atoms with van der Waals surface area (Å²) < 4.78 is 1.99. The van der Waals surface area contributed by atoms with E-state index in [0.29, 0.717) is 22.9 Å². The first-order valence-corrected chi connectivity index (χ1v) is 8.15. The lowest BCUT2D eigenvalue weighted by Crippen LogP contribution is -2.37. The monoisotopic (exact) mass is 326 g/mol. The minimum absolute atomic E-state index is 0.0758. The van der Waals surface area contributed by atoms with Crippen molar-refractivity contribution in [1.82, 2.24) is 14.9 Å². The predicted molar refractivity (Wildman–Crippen MR) is 89.0 cm³/mol. The normalized spacial score (nSPS) is 16.9. The van der Waals surface area contributed by atoms with E-state index < -0.39 is 0 Å². The fourth-order valence-corrected chi connectivity index (χ4v) is 3.41. The fourth-order valence-electron chi connectivity index (χ4n) is 2.89. The highest BCUT2D eigenvalue weighted by Crippen LogP contribution is 2.27. The van der Waals surface area contributed by atoms with Crippen molar-refractivity contribution in [3.8, 4) is 0 Å². The molecule has 23 heavy (non-hydrogen) atoms. The molecule has 1 aliphatic rings. The van der Waals surface area contributed by atoms with Crippen LogP contribution in [0.25, 0.3) is 10.9 Å². The van der Waals surface area contributed by atoms with E-state index in [4.69, 9.17) is 0 Å². The van der Waals surface area contributed by atoms with Gasteiger partial charge in [0.05, 0.1) is 0 Å². The van der Waals surface area contributed by atoms with E-state index in [1.54, 1.807) is 12.3 Å². The van der Waals surface area contributed by atoms with E-state index >= 15 is 0 Å². The molecule has 7 heteroatoms. The van der Waals surface area contributed by atoms with Crippen molar-refractivity contribution in [1.29, 1.82) is 0 Å². The Bertz CT molecular complexity index is 914. The standard InChI is InChI=1S/C16H14N4O2S/c1-9-8-18-15(22)13-6-10-2-3-11(7-12(10)20(9)13)14(21)19-16-17-4-5-23-16/h2-7,9H,8H2,1H3,(H,18,22)(H,17,19,21). The minimum atomic E-state index is -0.203. The lowest BCUT2D eigenvalue weighted by molar-refractivity contribution is 0.0919. The average Bonchev–Trinajstić information content (AvgIpc) is 3.18. The Balaban J connectivity index is 1.77. The molecular weight excluding hydrogens is 312 g/mol. The molecule has 3 aromatic rings. The zero-order valence-corrected chi connectivity index (χ0v) is 13.2. The van der Waals surface area contributed by atoms with Gasteiger partial charge in [-0.1, -0.05) is 6.07 Å². The molecule has 1 aromatic carbocycles. The van der Waals surface area contributed by atoms with E-state index in [9.17, 15) is 9.59 Å². The van der Waals surface area contributed by atoms with Gasteiger partial charge < -0.3 is 9.88 Å². The van der Waals surface area contributed by atoms with Crippen molar-refractivity contribution in [3.05, 3.63) is 47.1 Å². The van der Waals surface area contributed by atoms with Gasteiger partial charge in [0.15, 0.2) is 5.13 Å². The summed E-state index contributed by atoms with van der Waals surface area (Å²) in [5.41, 5.74) is 2.08. The Morgan fingerprint density at radius 1 is 1.43 bits per heavy atom. The van der Waals surface area contributed by atoms with Gasteiger partial charge in [-0.3, -0.25) is 14.9 Å². The molecule has 0 radical (unpaired) electrons. The number of nitrogens with zero attached hydrogens (tertiary/aromatic N) is 2. The Labute approximate surface area is 136 Å². The third-order valence-electron chi connectivity index (χ3n) is 3.99. The number of benzene rings is 1. The summed E-state index contributed by atoms with van der Waals surface area (Å²) in [7, 11) is 0. The molecule has 116 valence electrons. The minimum Gasteiger partial charge on any atom is -0.349 e. The number of aromatic nitrogens is 2. The van der Waals surface area contributed by atoms with Gasteiger partial charge in [0, 0.05) is 40.6 Å². The van der Waals surface area contributed by atoms with Crippen LogP contribution in [0.1, 0.15) is 33.8 Å². The van der Waals surface area contributed by atoms with Crippen molar-refractivity contribution < 1.29 is 9.59 Å². The Kier molecular flexibility index (Phi) is 3.16. The van der Waals surface area contributed by atoms with Crippen LogP contribution in [0.5, 0.6) is 0 Å². The van der Waals surface area contributed by atoms with Gasteiger partial charge in [-0.25, -0.2) is 4.98 Å². The van der Waals surface area contributed by atoms with Crippen LogP contribution in [0.15, 0.2) is 35.8 Å². The van der Waals surface area contributed by atoms with Crippen molar-refractivity contribution >= 4 is 39.2 Å². The van der Waals surface area contributed by atoms with Crippen LogP contribution in [0.3, 0.4) is 0 Å². The first-order chi connectivity index (χ1) is 11.1. The van der Waals surface area contributed by atoms with Gasteiger partial charge in [0.25, 0.3) is 11.8 Å². The first kappa shape index (κ1) is 14.0. The second-order valence-corrected chi connectivity index (χ2v) is 6.42. The van der Waals surface area contributed by atoms with Crippen molar-refractivity contribution in [3.63, 3.8) is 0 Å². The molecule has 1 unspecified atom stereocenters. The molecule has 1 atom stereocenters. The summed E-state index contributed by atoms with van der Waals surface area (Å²) in [4.78, 5) is 28.4. The summed E-state index contributed by atoms with van der Waals surface area (Å²) in [5.74, 6) is -0.279. The molecule has 0 aliphatic carbocycles. The average molecular weight is 326 g/mol. The molecule has 2 amide bonds. The van der Waals surface area contributed by atoms with E-state index in [1.165, 1.54) is 11.3 Å². The molecule has 0 saturated carbocycles. The topological polar surface area (TPSA) is 76.0 Å². The molecule has 0 bridgehead atoms. The van der Waals surface area contributed by atoms with E-state index in [1.807, 2.05) is 35.1 Å². The van der Waals surface area contributed by atoms with Crippen molar-refractivity contribution in [2.24, 2.45) is 0 Å². The van der Waals surface area contributed by atoms with Crippen LogP contribution in [-0.2, 0) is 0 Å². The number of hydrogen-bond acceptors (Lipinski definition) is 4. The van der Waals surface area contributed by atoms with Gasteiger partial charge in [-0.15, -0.1) is 11.3 Å². The van der Waals surface area contributed by atoms with Gasteiger partial charge in [0.1, 0.15) is 5.69 Å². The highest BCUT2D eigenvalue weighted by atomic mass is 32.1. The smallest absolute Gasteiger partial charge is 0.268 e. The number of anilines is 1. The molecule has 1 aliphatic heterocycles. The molecule has 2 aromatic heterocycles. The number of thiazole rings is 1. The first-order valence-electron chi connectivity index (χ1n) is 7.27. The van der Waals surface area contributed by atoms with Gasteiger partial charge in [-0.2, -0.15) is 0 Å². The molecule has 0 spiro atoms. The van der Waals surface area contributed by atoms with Crippen molar-refractivity contribution in [2.45, 2.75) is 13.0 Å². The van der Waals surface area contributed by atoms with Crippen LogP contribution in [0.4, 0.5) is 5.13 Å². The second-order valence-electron chi connectivity index (χ2n) is 5.52. The SMILES string of the molecule is CC1CNC(=O)c2cc3ccc(C(=O)Nc4nccs4)cc3n21. The van der Waals surface area contributed by atoms with Gasteiger partial charge in [0.2, 0.25) is 0 Å². The zero-order chi connectivity index (χ0) is 16.0. The number of nitrogens with one attached hydrogen (secondary N) is 2. The van der Waals surface area contributed by atoms with E-state index in [0.717, 1.165) is 10.9 Å². The van der Waals surface area contributed by atoms with Crippen LogP contribution in [-0.4, -0.2) is 27.9 Å². The molecule has 3 heterocycles. The summed E-state index contributed by atoms with van der Waals surface area (Å²) in [6, 6.07) is 7.48. The Morgan fingerprint density at radius 3 is 3.09 bits per heavy atom. The summed E-state index contributed by atoms with van der Waals surface area (Å²) in [6.45, 7) is 2.63. The van der Waals surface area contributed by atoms with Crippen LogP contribution in [0.2, 0.25) is 0 Å². The molecule has 0 fully saturated rings. The molecular formula is C16H14N4O2S. The van der Waals surface area contributed by atoms with E-state index in [2.05, 4.69) is 15.6 Å². The van der Waals surface area contributed by atoms with Crippen LogP contribution in [0, 0.1) is 0 Å². The zero-order valence-electron chi connectivity index (χ0n) is 12.4. The van der Waals surface area contributed by atoms with Crippen LogP contribution < -0.4 is 10.6 Å². The highest BCUT2D eigenvalue weighted by molar-refractivity contribution is 7.13. The van der Waals surface area contributed by atoms with Gasteiger partial charge >= 0.3 is 0 Å². The lowest BCUT2D eigenvalue weighted by atomic mass is 10.1. The van der Waals surface area contributed by atoms with Crippen LogP contribution >= 0.6 is 11.3 Å². The highest BCUT2D eigenvalue weighted by Gasteiger charge is 2.24. The van der Waals surface area contributed by atoms with E-state index in [-0.39, 0.29) is 17.9 Å². The van der Waals surface area contributed by atoms with Crippen molar-refractivity contribution in [2.75, 3.05) is 11.9 Å². The number of hydrogen-bond donors (Lipinski definition) is 2. The number of amides is 2. The second kappa shape index (κ2) is 5.20. The summed E-state index contributed by atoms with van der Waals surface area (Å²) >= 11 is 1.37.